The fourth-order valence-electron chi connectivity index (χ4n) is 4.10. The highest BCUT2D eigenvalue weighted by Crippen LogP contribution is 2.26. The van der Waals surface area contributed by atoms with Crippen molar-refractivity contribution >= 4 is 16.9 Å². The van der Waals surface area contributed by atoms with Gasteiger partial charge in [-0.1, -0.05) is 18.2 Å². The summed E-state index contributed by atoms with van der Waals surface area (Å²) in [6.07, 6.45) is 2.53. The number of carboxylic acids is 1. The molecule has 0 aliphatic heterocycles. The van der Waals surface area contributed by atoms with E-state index in [2.05, 4.69) is 29.5 Å². The van der Waals surface area contributed by atoms with E-state index in [0.717, 1.165) is 41.9 Å². The number of carbonyl (C=O) groups is 1. The summed E-state index contributed by atoms with van der Waals surface area (Å²) in [6.45, 7) is 6.31. The standard InChI is InChI=1S/C20H25N5O2/c1-3-24-17-8-6-5-7-14(17)16(22-24)12-21-13-9-10-18-15(11-13)19(20(26)27)23-25(18)4-2/h5-8,13,21H,3-4,9-12H2,1-2H3,(H,26,27)/t13-/m0/s1. The summed E-state index contributed by atoms with van der Waals surface area (Å²) < 4.78 is 3.87. The minimum atomic E-state index is -0.938. The normalized spacial score (nSPS) is 16.6. The molecule has 3 aromatic rings. The Morgan fingerprint density at radius 2 is 2.00 bits per heavy atom. The second kappa shape index (κ2) is 7.15. The zero-order chi connectivity index (χ0) is 19.0. The van der Waals surface area contributed by atoms with Crippen molar-refractivity contribution in [1.29, 1.82) is 0 Å². The van der Waals surface area contributed by atoms with Gasteiger partial charge in [0.05, 0.1) is 11.2 Å². The van der Waals surface area contributed by atoms with E-state index in [1.54, 1.807) is 0 Å². The van der Waals surface area contributed by atoms with Gasteiger partial charge in [-0.3, -0.25) is 9.36 Å². The predicted octanol–water partition coefficient (Wildman–Crippen LogP) is 2.62. The highest BCUT2D eigenvalue weighted by molar-refractivity contribution is 5.87. The molecule has 1 atom stereocenters. The van der Waals surface area contributed by atoms with Gasteiger partial charge in [0.25, 0.3) is 0 Å². The maximum Gasteiger partial charge on any atom is 0.356 e. The number of nitrogens with zero attached hydrogens (tertiary/aromatic N) is 4. The quantitative estimate of drug-likeness (QED) is 0.700. The zero-order valence-electron chi connectivity index (χ0n) is 15.8. The van der Waals surface area contributed by atoms with Crippen LogP contribution in [0.3, 0.4) is 0 Å². The molecule has 7 heteroatoms. The Hall–Kier alpha value is -2.67. The third kappa shape index (κ3) is 3.12. The molecule has 142 valence electrons. The van der Waals surface area contributed by atoms with E-state index in [9.17, 15) is 9.90 Å². The Morgan fingerprint density at radius 3 is 2.74 bits per heavy atom. The summed E-state index contributed by atoms with van der Waals surface area (Å²) in [5, 5.41) is 23.3. The van der Waals surface area contributed by atoms with Gasteiger partial charge in [0, 0.05) is 42.3 Å². The molecule has 0 spiro atoms. The topological polar surface area (TPSA) is 85.0 Å². The fourth-order valence-corrected chi connectivity index (χ4v) is 4.10. The molecule has 7 nitrogen and oxygen atoms in total. The number of aryl methyl sites for hydroxylation is 2. The van der Waals surface area contributed by atoms with Crippen molar-refractivity contribution in [1.82, 2.24) is 24.9 Å². The van der Waals surface area contributed by atoms with Crippen LogP contribution in [0, 0.1) is 0 Å². The van der Waals surface area contributed by atoms with Crippen molar-refractivity contribution in [3.8, 4) is 0 Å². The van der Waals surface area contributed by atoms with Crippen molar-refractivity contribution in [2.45, 2.75) is 58.8 Å². The lowest BCUT2D eigenvalue weighted by molar-refractivity contribution is 0.0688. The van der Waals surface area contributed by atoms with E-state index in [4.69, 9.17) is 5.10 Å². The minimum Gasteiger partial charge on any atom is -0.476 e. The molecule has 27 heavy (non-hydrogen) atoms. The summed E-state index contributed by atoms with van der Waals surface area (Å²) in [5.41, 5.74) is 4.37. The molecule has 0 unspecified atom stereocenters. The van der Waals surface area contributed by atoms with E-state index in [0.29, 0.717) is 19.5 Å². The SMILES string of the molecule is CCn1nc(C(=O)O)c2c1CC[C@H](NCc1nn(CC)c3ccccc13)C2. The van der Waals surface area contributed by atoms with Crippen molar-refractivity contribution in [2.24, 2.45) is 0 Å². The Labute approximate surface area is 158 Å². The van der Waals surface area contributed by atoms with Crippen molar-refractivity contribution in [2.75, 3.05) is 0 Å². The van der Waals surface area contributed by atoms with Crippen LogP contribution in [0.25, 0.3) is 10.9 Å². The van der Waals surface area contributed by atoms with Crippen LogP contribution in [0.2, 0.25) is 0 Å². The van der Waals surface area contributed by atoms with E-state index in [-0.39, 0.29) is 11.7 Å². The lowest BCUT2D eigenvalue weighted by Gasteiger charge is -2.24. The van der Waals surface area contributed by atoms with E-state index < -0.39 is 5.97 Å². The number of hydrogen-bond acceptors (Lipinski definition) is 4. The molecule has 0 saturated carbocycles. The number of carboxylic acid groups (broad SMARTS) is 1. The Morgan fingerprint density at radius 1 is 1.22 bits per heavy atom. The fraction of sp³-hybridized carbons (Fsp3) is 0.450. The smallest absolute Gasteiger partial charge is 0.356 e. The molecule has 1 aliphatic carbocycles. The van der Waals surface area contributed by atoms with Crippen LogP contribution in [0.15, 0.2) is 24.3 Å². The number of para-hydroxylation sites is 1. The minimum absolute atomic E-state index is 0.207. The van der Waals surface area contributed by atoms with Gasteiger partial charge in [-0.05, 0) is 39.2 Å². The van der Waals surface area contributed by atoms with Crippen molar-refractivity contribution in [3.05, 3.63) is 46.9 Å². The summed E-state index contributed by atoms with van der Waals surface area (Å²) >= 11 is 0. The summed E-state index contributed by atoms with van der Waals surface area (Å²) in [4.78, 5) is 11.6. The van der Waals surface area contributed by atoms with Crippen LogP contribution in [0.5, 0.6) is 0 Å². The van der Waals surface area contributed by atoms with E-state index >= 15 is 0 Å². The van der Waals surface area contributed by atoms with Gasteiger partial charge in [-0.25, -0.2) is 4.79 Å². The molecule has 2 N–H and O–H groups in total. The maximum atomic E-state index is 11.6. The molecular weight excluding hydrogens is 342 g/mol. The number of rotatable bonds is 6. The first kappa shape index (κ1) is 17.7. The van der Waals surface area contributed by atoms with Crippen LogP contribution in [0.1, 0.15) is 47.7 Å². The first-order valence-corrected chi connectivity index (χ1v) is 9.62. The molecule has 1 aliphatic rings. The summed E-state index contributed by atoms with van der Waals surface area (Å²) in [6, 6.07) is 8.52. The number of hydrogen-bond donors (Lipinski definition) is 2. The third-order valence-corrected chi connectivity index (χ3v) is 5.44. The Balaban J connectivity index is 1.53. The Kier molecular flexibility index (Phi) is 4.70. The van der Waals surface area contributed by atoms with E-state index in [1.165, 1.54) is 5.39 Å². The third-order valence-electron chi connectivity index (χ3n) is 5.44. The molecule has 2 aromatic heterocycles. The average Bonchev–Trinajstić information content (AvgIpc) is 3.24. The lowest BCUT2D eigenvalue weighted by Crippen LogP contribution is -2.35. The van der Waals surface area contributed by atoms with Gasteiger partial charge in [-0.2, -0.15) is 10.2 Å². The molecule has 0 saturated heterocycles. The number of aromatic nitrogens is 4. The molecule has 4 rings (SSSR count). The molecular formula is C20H25N5O2. The van der Waals surface area contributed by atoms with Gasteiger partial charge in [-0.15, -0.1) is 0 Å². The van der Waals surface area contributed by atoms with Crippen LogP contribution in [-0.2, 0) is 32.5 Å². The first-order valence-electron chi connectivity index (χ1n) is 9.62. The first-order chi connectivity index (χ1) is 13.1. The zero-order valence-corrected chi connectivity index (χ0v) is 15.8. The van der Waals surface area contributed by atoms with Crippen molar-refractivity contribution < 1.29 is 9.90 Å². The maximum absolute atomic E-state index is 11.6. The van der Waals surface area contributed by atoms with Crippen LogP contribution < -0.4 is 5.32 Å². The summed E-state index contributed by atoms with van der Waals surface area (Å²) in [5.74, 6) is -0.938. The highest BCUT2D eigenvalue weighted by atomic mass is 16.4. The molecule has 0 fully saturated rings. The lowest BCUT2D eigenvalue weighted by atomic mass is 9.91. The van der Waals surface area contributed by atoms with Crippen LogP contribution in [0.4, 0.5) is 0 Å². The number of aromatic carboxylic acids is 1. The Bertz CT molecular complexity index is 988. The second-order valence-corrected chi connectivity index (χ2v) is 6.99. The monoisotopic (exact) mass is 367 g/mol. The van der Waals surface area contributed by atoms with Gasteiger partial charge < -0.3 is 10.4 Å². The number of benzene rings is 1. The largest absolute Gasteiger partial charge is 0.476 e. The van der Waals surface area contributed by atoms with Crippen molar-refractivity contribution in [3.63, 3.8) is 0 Å². The van der Waals surface area contributed by atoms with Gasteiger partial charge in [0.15, 0.2) is 5.69 Å². The average molecular weight is 367 g/mol. The van der Waals surface area contributed by atoms with Gasteiger partial charge >= 0.3 is 5.97 Å². The molecule has 0 bridgehead atoms. The molecule has 0 amide bonds. The van der Waals surface area contributed by atoms with Crippen LogP contribution in [-0.4, -0.2) is 36.7 Å². The van der Waals surface area contributed by atoms with Crippen LogP contribution >= 0.6 is 0 Å². The van der Waals surface area contributed by atoms with Gasteiger partial charge in [0.1, 0.15) is 0 Å². The van der Waals surface area contributed by atoms with Gasteiger partial charge in [0.2, 0.25) is 0 Å². The van der Waals surface area contributed by atoms with E-state index in [1.807, 2.05) is 28.4 Å². The molecule has 0 radical (unpaired) electrons. The molecule has 2 heterocycles. The second-order valence-electron chi connectivity index (χ2n) is 6.99. The highest BCUT2D eigenvalue weighted by Gasteiger charge is 2.28. The summed E-state index contributed by atoms with van der Waals surface area (Å²) in [7, 11) is 0. The molecule has 1 aromatic carbocycles. The predicted molar refractivity (Wildman–Crippen MR) is 103 cm³/mol. The number of fused-ring (bicyclic) bond motifs is 2. The number of nitrogens with one attached hydrogen (secondary N) is 1.